The van der Waals surface area contributed by atoms with E-state index in [0.717, 1.165) is 31.3 Å². The van der Waals surface area contributed by atoms with Crippen LogP contribution in [-0.4, -0.2) is 17.5 Å². The first kappa shape index (κ1) is 17.5. The molecule has 2 rings (SSSR count). The molecule has 0 aromatic heterocycles. The van der Waals surface area contributed by atoms with Crippen molar-refractivity contribution in [2.75, 3.05) is 0 Å². The van der Waals surface area contributed by atoms with Gasteiger partial charge in [-0.3, -0.25) is 4.79 Å². The van der Waals surface area contributed by atoms with Crippen molar-refractivity contribution in [1.82, 2.24) is 0 Å². The number of carbonyl (C=O) groups is 1. The van der Waals surface area contributed by atoms with Crippen molar-refractivity contribution in [1.29, 1.82) is 0 Å². The predicted octanol–water partition coefficient (Wildman–Crippen LogP) is 5.09. The molecule has 0 amide bonds. The average molecular weight is 304 g/mol. The maximum atomic E-state index is 12.7. The van der Waals surface area contributed by atoms with Crippen molar-refractivity contribution in [2.24, 2.45) is 17.8 Å². The number of ether oxygens (including phenoxy) is 1. The zero-order valence-corrected chi connectivity index (χ0v) is 14.9. The number of epoxide rings is 1. The first-order chi connectivity index (χ1) is 10.2. The van der Waals surface area contributed by atoms with Crippen LogP contribution in [0.2, 0.25) is 0 Å². The first-order valence-electron chi connectivity index (χ1n) is 8.79. The molecule has 0 saturated carbocycles. The largest absolute Gasteiger partial charge is 0.366 e. The molecule has 2 heteroatoms. The molecule has 0 unspecified atom stereocenters. The van der Waals surface area contributed by atoms with Gasteiger partial charge in [0.2, 0.25) is 0 Å². The number of fused-ring (bicyclic) bond motifs is 1. The molecule has 1 saturated heterocycles. The number of allylic oxidation sites excluding steroid dienone is 3. The number of rotatable bonds is 2. The number of hydrogen-bond donors (Lipinski definition) is 0. The van der Waals surface area contributed by atoms with Gasteiger partial charge in [-0.25, -0.2) is 0 Å². The van der Waals surface area contributed by atoms with Crippen LogP contribution in [-0.2, 0) is 9.53 Å². The zero-order chi connectivity index (χ0) is 16.5. The lowest BCUT2D eigenvalue weighted by Crippen LogP contribution is -2.20. The van der Waals surface area contributed by atoms with Crippen LogP contribution in [0.4, 0.5) is 0 Å². The lowest BCUT2D eigenvalue weighted by molar-refractivity contribution is -0.121. The van der Waals surface area contributed by atoms with E-state index >= 15 is 0 Å². The molecule has 2 aliphatic rings. The van der Waals surface area contributed by atoms with Gasteiger partial charge >= 0.3 is 0 Å². The van der Waals surface area contributed by atoms with Gasteiger partial charge < -0.3 is 4.74 Å². The molecule has 1 aliphatic carbocycles. The summed E-state index contributed by atoms with van der Waals surface area (Å²) in [7, 11) is 0. The van der Waals surface area contributed by atoms with Gasteiger partial charge in [0.15, 0.2) is 0 Å². The molecule has 0 aromatic carbocycles. The van der Waals surface area contributed by atoms with E-state index in [0.29, 0.717) is 30.1 Å². The Morgan fingerprint density at radius 1 is 1.41 bits per heavy atom. The highest BCUT2D eigenvalue weighted by molar-refractivity contribution is 5.85. The van der Waals surface area contributed by atoms with E-state index in [-0.39, 0.29) is 11.5 Å². The van der Waals surface area contributed by atoms with Crippen LogP contribution in [0.15, 0.2) is 23.8 Å². The van der Waals surface area contributed by atoms with Crippen LogP contribution in [0.1, 0.15) is 66.7 Å². The fourth-order valence-corrected chi connectivity index (χ4v) is 3.56. The fourth-order valence-electron chi connectivity index (χ4n) is 3.56. The summed E-state index contributed by atoms with van der Waals surface area (Å²) in [6.45, 7) is 14.9. The maximum Gasteiger partial charge on any atom is 0.144 e. The zero-order valence-electron chi connectivity index (χ0n) is 14.9. The molecule has 2 nitrogen and oxygen atoms in total. The molecular formula is C20H32O2. The van der Waals surface area contributed by atoms with Crippen molar-refractivity contribution in [2.45, 2.75) is 78.4 Å². The van der Waals surface area contributed by atoms with Gasteiger partial charge in [-0.05, 0) is 51.4 Å². The second-order valence-electron chi connectivity index (χ2n) is 7.99. The minimum absolute atomic E-state index is 0.0651. The average Bonchev–Trinajstić information content (AvgIpc) is 3.05. The van der Waals surface area contributed by atoms with Crippen molar-refractivity contribution < 1.29 is 9.53 Å². The summed E-state index contributed by atoms with van der Waals surface area (Å²) in [5, 5.41) is 0. The summed E-state index contributed by atoms with van der Waals surface area (Å²) in [6.07, 6.45) is 7.51. The van der Waals surface area contributed by atoms with Gasteiger partial charge in [0.1, 0.15) is 5.78 Å². The number of hydrogen-bond acceptors (Lipinski definition) is 2. The molecule has 124 valence electrons. The molecule has 22 heavy (non-hydrogen) atoms. The predicted molar refractivity (Wildman–Crippen MR) is 91.8 cm³/mol. The second-order valence-corrected chi connectivity index (χ2v) is 7.99. The normalized spacial score (nSPS) is 39.3. The van der Waals surface area contributed by atoms with E-state index in [9.17, 15) is 4.79 Å². The van der Waals surface area contributed by atoms with E-state index in [1.807, 2.05) is 6.92 Å². The highest BCUT2D eigenvalue weighted by Gasteiger charge is 2.51. The fraction of sp³-hybridized carbons (Fsp3) is 0.750. The molecule has 0 N–H and O–H groups in total. The molecule has 0 spiro atoms. The third kappa shape index (κ3) is 4.10. The monoisotopic (exact) mass is 304 g/mol. The lowest BCUT2D eigenvalue weighted by Gasteiger charge is -2.21. The van der Waals surface area contributed by atoms with Crippen molar-refractivity contribution in [3.05, 3.63) is 23.8 Å². The summed E-state index contributed by atoms with van der Waals surface area (Å²) in [5.74, 6) is 1.12. The van der Waals surface area contributed by atoms with E-state index in [1.54, 1.807) is 0 Å². The van der Waals surface area contributed by atoms with Crippen molar-refractivity contribution >= 4 is 5.78 Å². The second kappa shape index (κ2) is 6.70. The lowest BCUT2D eigenvalue weighted by atomic mass is 9.82. The Labute approximate surface area is 136 Å². The Morgan fingerprint density at radius 3 is 2.68 bits per heavy atom. The SMILES string of the molecule is C=C(C)[C@@H]1/C=C(\C(C)C)CC[C@]2(C)O[C@@H]2CC[C@H](C)CC1=O. The number of carbonyl (C=O) groups excluding carboxylic acids is 1. The Kier molecular flexibility index (Phi) is 5.32. The molecule has 1 aliphatic heterocycles. The highest BCUT2D eigenvalue weighted by Crippen LogP contribution is 2.45. The van der Waals surface area contributed by atoms with Crippen LogP contribution < -0.4 is 0 Å². The Hall–Kier alpha value is -0.890. The first-order valence-corrected chi connectivity index (χ1v) is 8.79. The van der Waals surface area contributed by atoms with Gasteiger partial charge in [-0.1, -0.05) is 44.6 Å². The molecule has 1 heterocycles. The molecular weight excluding hydrogens is 272 g/mol. The summed E-state index contributed by atoms with van der Waals surface area (Å²) in [5.41, 5.74) is 2.42. The van der Waals surface area contributed by atoms with Gasteiger partial charge in [-0.2, -0.15) is 0 Å². The van der Waals surface area contributed by atoms with Crippen LogP contribution in [0.5, 0.6) is 0 Å². The van der Waals surface area contributed by atoms with Crippen LogP contribution >= 0.6 is 0 Å². The Morgan fingerprint density at radius 2 is 2.09 bits per heavy atom. The molecule has 0 radical (unpaired) electrons. The molecule has 4 atom stereocenters. The maximum absolute atomic E-state index is 12.7. The van der Waals surface area contributed by atoms with Crippen molar-refractivity contribution in [3.63, 3.8) is 0 Å². The molecule has 0 bridgehead atoms. The van der Waals surface area contributed by atoms with Gasteiger partial charge in [0.05, 0.1) is 17.6 Å². The van der Waals surface area contributed by atoms with Gasteiger partial charge in [0.25, 0.3) is 0 Å². The number of ketones is 1. The number of Topliss-reactive ketones (excluding diaryl/α,β-unsaturated/α-hetero) is 1. The summed E-state index contributed by atoms with van der Waals surface area (Å²) < 4.78 is 5.97. The van der Waals surface area contributed by atoms with Crippen LogP contribution in [0.3, 0.4) is 0 Å². The Balaban J connectivity index is 2.26. The third-order valence-electron chi connectivity index (χ3n) is 5.42. The quantitative estimate of drug-likeness (QED) is 0.525. The van der Waals surface area contributed by atoms with E-state index in [1.165, 1.54) is 5.57 Å². The van der Waals surface area contributed by atoms with E-state index in [4.69, 9.17) is 4.74 Å². The van der Waals surface area contributed by atoms with Crippen LogP contribution in [0, 0.1) is 17.8 Å². The molecule has 0 aromatic rings. The summed E-state index contributed by atoms with van der Waals surface area (Å²) >= 11 is 0. The smallest absolute Gasteiger partial charge is 0.144 e. The van der Waals surface area contributed by atoms with Gasteiger partial charge in [-0.15, -0.1) is 0 Å². The van der Waals surface area contributed by atoms with E-state index < -0.39 is 0 Å². The minimum atomic E-state index is -0.108. The third-order valence-corrected chi connectivity index (χ3v) is 5.42. The summed E-state index contributed by atoms with van der Waals surface area (Å²) in [6, 6.07) is 0. The van der Waals surface area contributed by atoms with Crippen LogP contribution in [0.25, 0.3) is 0 Å². The summed E-state index contributed by atoms with van der Waals surface area (Å²) in [4.78, 5) is 12.7. The van der Waals surface area contributed by atoms with Gasteiger partial charge in [0, 0.05) is 6.42 Å². The minimum Gasteiger partial charge on any atom is -0.366 e. The van der Waals surface area contributed by atoms with E-state index in [2.05, 4.69) is 40.3 Å². The topological polar surface area (TPSA) is 29.6 Å². The highest BCUT2D eigenvalue weighted by atomic mass is 16.6. The van der Waals surface area contributed by atoms with Crippen molar-refractivity contribution in [3.8, 4) is 0 Å². The molecule has 1 fully saturated rings. The Bertz CT molecular complexity index is 474. The standard InChI is InChI=1S/C20H32O2/c1-13(2)16-9-10-20(6)19(22-20)8-7-15(5)11-18(21)17(12-16)14(3)4/h12-13,15,17,19H,3,7-11H2,1-2,4-6H3/b16-12-/t15-,17-,19+,20-/m0/s1.